The summed E-state index contributed by atoms with van der Waals surface area (Å²) >= 11 is 1.05. The first-order valence-corrected chi connectivity index (χ1v) is 14.5. The van der Waals surface area contributed by atoms with Crippen molar-refractivity contribution in [2.45, 2.75) is 16.7 Å². The zero-order valence-electron chi connectivity index (χ0n) is 23.7. The molecule has 1 unspecified atom stereocenters. The maximum absolute atomic E-state index is 13.4. The molecule has 1 fully saturated rings. The van der Waals surface area contributed by atoms with E-state index in [1.807, 2.05) is 6.07 Å². The number of Topliss-reactive ketones (excluding diaryl/α,β-unsaturated/α-hetero) is 1. The number of carbonyl (C=O) groups is 4. The third-order valence-electron chi connectivity index (χ3n) is 7.10. The SMILES string of the molecule is COc1cccc(C(=O)COC(=O)c2ccc(N3C(=O)CC(Sc4nc(-c5ccc6c(c5)OCO6)ccc4C#N)C3=O)cc2)c1. The average molecular weight is 622 g/mol. The summed E-state index contributed by atoms with van der Waals surface area (Å²) in [6.45, 7) is -0.335. The normalized spacial score (nSPS) is 15.1. The van der Waals surface area contributed by atoms with E-state index in [1.165, 1.54) is 31.4 Å². The predicted octanol–water partition coefficient (Wildman–Crippen LogP) is 4.82. The Morgan fingerprint density at radius 3 is 2.58 bits per heavy atom. The number of nitriles is 1. The quantitative estimate of drug-likeness (QED) is 0.144. The van der Waals surface area contributed by atoms with Gasteiger partial charge < -0.3 is 18.9 Å². The summed E-state index contributed by atoms with van der Waals surface area (Å²) in [5.41, 5.74) is 2.34. The fraction of sp³-hybridized carbons (Fsp3) is 0.152. The molecule has 3 aromatic carbocycles. The molecule has 11 nitrogen and oxygen atoms in total. The number of benzene rings is 3. The van der Waals surface area contributed by atoms with Crippen molar-refractivity contribution in [2.75, 3.05) is 25.4 Å². The summed E-state index contributed by atoms with van der Waals surface area (Å²) in [7, 11) is 1.49. The Bertz CT molecular complexity index is 1890. The van der Waals surface area contributed by atoms with Gasteiger partial charge in [-0.2, -0.15) is 5.26 Å². The van der Waals surface area contributed by atoms with Crippen LogP contribution in [-0.4, -0.2) is 54.3 Å². The molecule has 2 aliphatic rings. The highest BCUT2D eigenvalue weighted by molar-refractivity contribution is 8.00. The van der Waals surface area contributed by atoms with E-state index in [2.05, 4.69) is 11.1 Å². The minimum Gasteiger partial charge on any atom is -0.497 e. The number of pyridine rings is 1. The van der Waals surface area contributed by atoms with Crippen molar-refractivity contribution in [3.63, 3.8) is 0 Å². The van der Waals surface area contributed by atoms with Gasteiger partial charge in [-0.3, -0.25) is 14.4 Å². The number of hydrogen-bond donors (Lipinski definition) is 0. The fourth-order valence-corrected chi connectivity index (χ4v) is 5.87. The fourth-order valence-electron chi connectivity index (χ4n) is 4.78. The monoisotopic (exact) mass is 621 g/mol. The van der Waals surface area contributed by atoms with Crippen molar-refractivity contribution >= 4 is 41.0 Å². The first-order valence-electron chi connectivity index (χ1n) is 13.6. The molecule has 4 aromatic rings. The van der Waals surface area contributed by atoms with Crippen molar-refractivity contribution < 1.29 is 38.1 Å². The second-order valence-electron chi connectivity index (χ2n) is 9.89. The molecule has 1 atom stereocenters. The van der Waals surface area contributed by atoms with Gasteiger partial charge in [-0.1, -0.05) is 23.9 Å². The molecule has 0 bridgehead atoms. The maximum atomic E-state index is 13.4. The van der Waals surface area contributed by atoms with Gasteiger partial charge in [0.05, 0.1) is 34.9 Å². The van der Waals surface area contributed by atoms with Crippen LogP contribution >= 0.6 is 11.8 Å². The van der Waals surface area contributed by atoms with E-state index in [0.29, 0.717) is 33.5 Å². The third kappa shape index (κ3) is 6.07. The number of methoxy groups -OCH3 is 1. The molecule has 3 heterocycles. The Morgan fingerprint density at radius 1 is 1.00 bits per heavy atom. The molecule has 0 aliphatic carbocycles. The number of nitrogens with zero attached hydrogens (tertiary/aromatic N) is 3. The van der Waals surface area contributed by atoms with Gasteiger partial charge in [0.2, 0.25) is 18.6 Å². The van der Waals surface area contributed by atoms with Crippen molar-refractivity contribution in [3.8, 4) is 34.6 Å². The standard InChI is InChI=1S/C33H23N3O8S/c1-41-24-4-2-3-21(13-24)26(37)17-42-33(40)19-5-9-23(10-6-19)36-30(38)15-29(32(36)39)45-31-22(16-34)7-11-25(35-31)20-8-12-27-28(14-20)44-18-43-27/h2-14,29H,15,17-18H2,1H3. The van der Waals surface area contributed by atoms with Gasteiger partial charge in [0, 0.05) is 17.5 Å². The highest BCUT2D eigenvalue weighted by Crippen LogP contribution is 2.38. The smallest absolute Gasteiger partial charge is 0.338 e. The molecule has 224 valence electrons. The number of ketones is 1. The molecule has 12 heteroatoms. The van der Waals surface area contributed by atoms with Gasteiger partial charge in [0.1, 0.15) is 16.8 Å². The van der Waals surface area contributed by atoms with Crippen molar-refractivity contribution in [3.05, 3.63) is 95.6 Å². The van der Waals surface area contributed by atoms with Gasteiger partial charge >= 0.3 is 5.97 Å². The summed E-state index contributed by atoms with van der Waals surface area (Å²) in [5, 5.41) is 9.20. The minimum atomic E-state index is -0.809. The average Bonchev–Trinajstić information content (AvgIpc) is 3.66. The molecule has 1 saturated heterocycles. The van der Waals surface area contributed by atoms with Gasteiger partial charge in [-0.05, 0) is 66.7 Å². The lowest BCUT2D eigenvalue weighted by atomic mass is 10.1. The number of fused-ring (bicyclic) bond motifs is 1. The van der Waals surface area contributed by atoms with Crippen molar-refractivity contribution in [2.24, 2.45) is 0 Å². The van der Waals surface area contributed by atoms with Gasteiger partial charge in [-0.15, -0.1) is 0 Å². The lowest BCUT2D eigenvalue weighted by Crippen LogP contribution is -2.31. The number of hydrogen-bond acceptors (Lipinski definition) is 11. The third-order valence-corrected chi connectivity index (χ3v) is 8.28. The van der Waals surface area contributed by atoms with Crippen LogP contribution in [0.4, 0.5) is 5.69 Å². The first-order chi connectivity index (χ1) is 21.8. The largest absolute Gasteiger partial charge is 0.497 e. The minimum absolute atomic E-state index is 0.0967. The highest BCUT2D eigenvalue weighted by Gasteiger charge is 2.41. The Kier molecular flexibility index (Phi) is 8.18. The van der Waals surface area contributed by atoms with Crippen LogP contribution in [0.5, 0.6) is 17.2 Å². The predicted molar refractivity (Wildman–Crippen MR) is 161 cm³/mol. The number of ether oxygens (including phenoxy) is 4. The zero-order chi connectivity index (χ0) is 31.5. The van der Waals surface area contributed by atoms with E-state index in [9.17, 15) is 24.4 Å². The summed E-state index contributed by atoms with van der Waals surface area (Å²) in [4.78, 5) is 57.0. The molecular weight excluding hydrogens is 598 g/mol. The Balaban J connectivity index is 1.12. The lowest BCUT2D eigenvalue weighted by molar-refractivity contribution is -0.121. The van der Waals surface area contributed by atoms with E-state index in [1.54, 1.807) is 48.5 Å². The summed E-state index contributed by atoms with van der Waals surface area (Å²) in [6.07, 6.45) is -0.0967. The number of anilines is 1. The first kappa shape index (κ1) is 29.4. The molecule has 2 amide bonds. The molecule has 45 heavy (non-hydrogen) atoms. The number of aromatic nitrogens is 1. The van der Waals surface area contributed by atoms with Gasteiger partial charge in [-0.25, -0.2) is 14.7 Å². The van der Waals surface area contributed by atoms with Crippen LogP contribution < -0.4 is 19.1 Å². The van der Waals surface area contributed by atoms with Crippen molar-refractivity contribution in [1.29, 1.82) is 5.26 Å². The van der Waals surface area contributed by atoms with Crippen molar-refractivity contribution in [1.82, 2.24) is 4.98 Å². The number of amides is 2. The molecule has 0 spiro atoms. The number of esters is 1. The number of thioether (sulfide) groups is 1. The topological polar surface area (TPSA) is 145 Å². The number of imide groups is 1. The Hall–Kier alpha value is -5.67. The van der Waals surface area contributed by atoms with Crippen LogP contribution in [0.25, 0.3) is 11.3 Å². The second-order valence-corrected chi connectivity index (χ2v) is 11.1. The van der Waals surface area contributed by atoms with E-state index in [4.69, 9.17) is 18.9 Å². The van der Waals surface area contributed by atoms with E-state index in [0.717, 1.165) is 22.2 Å². The van der Waals surface area contributed by atoms with Crippen LogP contribution in [0.3, 0.4) is 0 Å². The molecule has 6 rings (SSSR count). The number of carbonyl (C=O) groups excluding carboxylic acids is 4. The van der Waals surface area contributed by atoms with Crippen LogP contribution in [0, 0.1) is 11.3 Å². The zero-order valence-corrected chi connectivity index (χ0v) is 24.5. The molecule has 0 saturated carbocycles. The van der Waals surface area contributed by atoms with Crippen LogP contribution in [0.2, 0.25) is 0 Å². The number of rotatable bonds is 9. The lowest BCUT2D eigenvalue weighted by Gasteiger charge is -2.15. The maximum Gasteiger partial charge on any atom is 0.338 e. The van der Waals surface area contributed by atoms with Crippen LogP contribution in [0.15, 0.2) is 83.9 Å². The van der Waals surface area contributed by atoms with Crippen LogP contribution in [0.1, 0.15) is 32.7 Å². The summed E-state index contributed by atoms with van der Waals surface area (Å²) in [5.74, 6) is -0.312. The van der Waals surface area contributed by atoms with Gasteiger partial charge in [0.15, 0.2) is 23.9 Å². The van der Waals surface area contributed by atoms with E-state index < -0.39 is 35.4 Å². The second kappa shape index (κ2) is 12.5. The molecule has 1 aromatic heterocycles. The summed E-state index contributed by atoms with van der Waals surface area (Å²) in [6, 6.07) is 23.1. The molecule has 0 N–H and O–H groups in total. The van der Waals surface area contributed by atoms with E-state index >= 15 is 0 Å². The Morgan fingerprint density at radius 2 is 1.80 bits per heavy atom. The molecule has 0 radical (unpaired) electrons. The highest BCUT2D eigenvalue weighted by atomic mass is 32.2. The Labute approximate surface area is 261 Å². The van der Waals surface area contributed by atoms with E-state index in [-0.39, 0.29) is 30.0 Å². The van der Waals surface area contributed by atoms with Gasteiger partial charge in [0.25, 0.3) is 0 Å². The van der Waals surface area contributed by atoms with Crippen LogP contribution in [-0.2, 0) is 14.3 Å². The summed E-state index contributed by atoms with van der Waals surface area (Å²) < 4.78 is 21.1. The molecule has 2 aliphatic heterocycles. The molecular formula is C33H23N3O8S.